The second-order valence-corrected chi connectivity index (χ2v) is 8.80. The lowest BCUT2D eigenvalue weighted by atomic mass is 9.91. The van der Waals surface area contributed by atoms with Gasteiger partial charge in [-0.2, -0.15) is 0 Å². The smallest absolute Gasteiger partial charge is 0.185 e. The topological polar surface area (TPSA) is 28.2 Å². The number of anilines is 1. The van der Waals surface area contributed by atoms with E-state index in [-0.39, 0.29) is 5.41 Å². The molecular formula is C17H33N3S. The lowest BCUT2D eigenvalue weighted by molar-refractivity contribution is 0.543. The zero-order valence-electron chi connectivity index (χ0n) is 15.1. The monoisotopic (exact) mass is 311 g/mol. The largest absolute Gasteiger partial charge is 0.348 e. The van der Waals surface area contributed by atoms with E-state index in [1.54, 1.807) is 0 Å². The summed E-state index contributed by atoms with van der Waals surface area (Å²) < 4.78 is 0. The number of hydrogen-bond donors (Lipinski definition) is 1. The molecule has 0 unspecified atom stereocenters. The van der Waals surface area contributed by atoms with Gasteiger partial charge < -0.3 is 10.2 Å². The highest BCUT2D eigenvalue weighted by Crippen LogP contribution is 2.34. The third kappa shape index (κ3) is 5.59. The molecule has 21 heavy (non-hydrogen) atoms. The Bertz CT molecular complexity index is 420. The summed E-state index contributed by atoms with van der Waals surface area (Å²) in [6.07, 6.45) is 0. The maximum Gasteiger partial charge on any atom is 0.185 e. The molecule has 1 aromatic heterocycles. The van der Waals surface area contributed by atoms with Crippen LogP contribution in [0.15, 0.2) is 0 Å². The number of nitrogens with zero attached hydrogens (tertiary/aromatic N) is 2. The highest BCUT2D eigenvalue weighted by molar-refractivity contribution is 7.15. The molecule has 0 aliphatic heterocycles. The van der Waals surface area contributed by atoms with Crippen LogP contribution in [0, 0.1) is 11.8 Å². The highest BCUT2D eigenvalue weighted by Gasteiger charge is 2.25. The maximum atomic E-state index is 5.01. The Balaban J connectivity index is 3.13. The fraction of sp³-hybridized carbons (Fsp3) is 0.824. The summed E-state index contributed by atoms with van der Waals surface area (Å²) in [6.45, 7) is 18.9. The quantitative estimate of drug-likeness (QED) is 0.814. The number of aromatic nitrogens is 1. The van der Waals surface area contributed by atoms with Crippen molar-refractivity contribution in [3.63, 3.8) is 0 Å². The minimum Gasteiger partial charge on any atom is -0.348 e. The summed E-state index contributed by atoms with van der Waals surface area (Å²) in [4.78, 5) is 8.85. The van der Waals surface area contributed by atoms with E-state index in [0.29, 0.717) is 11.8 Å². The van der Waals surface area contributed by atoms with Crippen molar-refractivity contribution in [3.8, 4) is 0 Å². The van der Waals surface area contributed by atoms with Gasteiger partial charge in [-0.1, -0.05) is 48.5 Å². The van der Waals surface area contributed by atoms with Gasteiger partial charge in [0, 0.05) is 29.9 Å². The fourth-order valence-corrected chi connectivity index (χ4v) is 3.75. The van der Waals surface area contributed by atoms with Crippen LogP contribution in [-0.4, -0.2) is 25.1 Å². The predicted octanol–water partition coefficient (Wildman–Crippen LogP) is 4.28. The summed E-state index contributed by atoms with van der Waals surface area (Å²) in [5.41, 5.74) is 1.34. The molecule has 1 heterocycles. The van der Waals surface area contributed by atoms with E-state index in [9.17, 15) is 0 Å². The van der Waals surface area contributed by atoms with Crippen molar-refractivity contribution in [1.82, 2.24) is 10.3 Å². The zero-order valence-corrected chi connectivity index (χ0v) is 15.9. The van der Waals surface area contributed by atoms with Crippen molar-refractivity contribution in [2.75, 3.05) is 25.0 Å². The maximum absolute atomic E-state index is 5.01. The summed E-state index contributed by atoms with van der Waals surface area (Å²) in [7, 11) is 2.01. The molecule has 0 amide bonds. The Labute approximate surface area is 135 Å². The first kappa shape index (κ1) is 18.4. The van der Waals surface area contributed by atoms with E-state index in [1.807, 2.05) is 18.4 Å². The van der Waals surface area contributed by atoms with Gasteiger partial charge in [0.2, 0.25) is 0 Å². The van der Waals surface area contributed by atoms with Gasteiger partial charge in [-0.15, -0.1) is 11.3 Å². The molecule has 1 N–H and O–H groups in total. The molecule has 0 saturated carbocycles. The van der Waals surface area contributed by atoms with Gasteiger partial charge in [0.25, 0.3) is 0 Å². The molecule has 1 rings (SSSR count). The molecule has 0 spiro atoms. The van der Waals surface area contributed by atoms with Gasteiger partial charge in [0.05, 0.1) is 5.69 Å². The Kier molecular flexibility index (Phi) is 6.67. The second-order valence-electron chi connectivity index (χ2n) is 7.74. The number of hydrogen-bond acceptors (Lipinski definition) is 4. The molecule has 0 saturated heterocycles. The number of rotatable bonds is 7. The minimum absolute atomic E-state index is 0.0995. The molecule has 0 radical (unpaired) electrons. The molecule has 122 valence electrons. The van der Waals surface area contributed by atoms with Crippen LogP contribution in [0.1, 0.15) is 59.0 Å². The van der Waals surface area contributed by atoms with E-state index in [0.717, 1.165) is 19.6 Å². The van der Waals surface area contributed by atoms with Crippen LogP contribution in [0.25, 0.3) is 0 Å². The van der Waals surface area contributed by atoms with Crippen LogP contribution in [0.2, 0.25) is 0 Å². The average Bonchev–Trinajstić information content (AvgIpc) is 2.71. The Morgan fingerprint density at radius 3 is 2.00 bits per heavy atom. The van der Waals surface area contributed by atoms with Crippen LogP contribution < -0.4 is 10.2 Å². The van der Waals surface area contributed by atoms with Gasteiger partial charge in [0.15, 0.2) is 5.13 Å². The molecule has 0 atom stereocenters. The molecule has 3 nitrogen and oxygen atoms in total. The summed E-state index contributed by atoms with van der Waals surface area (Å²) in [6, 6.07) is 0. The van der Waals surface area contributed by atoms with Crippen molar-refractivity contribution < 1.29 is 0 Å². The van der Waals surface area contributed by atoms with Crippen molar-refractivity contribution >= 4 is 16.5 Å². The lowest BCUT2D eigenvalue weighted by Crippen LogP contribution is -2.31. The second kappa shape index (κ2) is 7.59. The van der Waals surface area contributed by atoms with Gasteiger partial charge in [-0.25, -0.2) is 4.98 Å². The number of nitrogens with one attached hydrogen (secondary N) is 1. The molecule has 1 aromatic rings. The molecule has 0 aromatic carbocycles. The lowest BCUT2D eigenvalue weighted by Gasteiger charge is -2.26. The van der Waals surface area contributed by atoms with E-state index in [4.69, 9.17) is 4.98 Å². The van der Waals surface area contributed by atoms with Gasteiger partial charge in [-0.05, 0) is 18.9 Å². The molecule has 0 aliphatic carbocycles. The average molecular weight is 312 g/mol. The van der Waals surface area contributed by atoms with Gasteiger partial charge in [0.1, 0.15) is 0 Å². The molecule has 0 aliphatic rings. The Morgan fingerprint density at radius 1 is 1.10 bits per heavy atom. The Hall–Kier alpha value is -0.610. The first-order valence-electron chi connectivity index (χ1n) is 8.04. The third-order valence-corrected chi connectivity index (χ3v) is 4.29. The standard InChI is InChI=1S/C17H33N3S/c1-12(2)10-20(11-13(3)4)16-19-15(17(5,6)7)14(21-16)9-18-8/h12-13,18H,9-11H2,1-8H3. The third-order valence-electron chi connectivity index (χ3n) is 3.18. The van der Waals surface area contributed by atoms with Crippen molar-refractivity contribution in [1.29, 1.82) is 0 Å². The fourth-order valence-electron chi connectivity index (χ4n) is 2.45. The van der Waals surface area contributed by atoms with Gasteiger partial charge >= 0.3 is 0 Å². The SMILES string of the molecule is CNCc1sc(N(CC(C)C)CC(C)C)nc1C(C)(C)C. The number of thiazole rings is 1. The van der Waals surface area contributed by atoms with Crippen LogP contribution in [0.5, 0.6) is 0 Å². The minimum atomic E-state index is 0.0995. The summed E-state index contributed by atoms with van der Waals surface area (Å²) >= 11 is 1.86. The zero-order chi connectivity index (χ0) is 16.2. The molecule has 0 fully saturated rings. The van der Waals surface area contributed by atoms with E-state index in [1.165, 1.54) is 15.7 Å². The van der Waals surface area contributed by atoms with E-state index in [2.05, 4.69) is 58.7 Å². The van der Waals surface area contributed by atoms with Crippen molar-refractivity contribution in [3.05, 3.63) is 10.6 Å². The summed E-state index contributed by atoms with van der Waals surface area (Å²) in [5, 5.41) is 4.47. The molecular weight excluding hydrogens is 278 g/mol. The van der Waals surface area contributed by atoms with Crippen molar-refractivity contribution in [2.24, 2.45) is 11.8 Å². The van der Waals surface area contributed by atoms with E-state index >= 15 is 0 Å². The normalized spacial score (nSPS) is 12.5. The van der Waals surface area contributed by atoms with E-state index < -0.39 is 0 Å². The van der Waals surface area contributed by atoms with Crippen LogP contribution in [-0.2, 0) is 12.0 Å². The molecule has 4 heteroatoms. The van der Waals surface area contributed by atoms with Crippen LogP contribution in [0.3, 0.4) is 0 Å². The predicted molar refractivity (Wildman–Crippen MR) is 95.5 cm³/mol. The first-order valence-corrected chi connectivity index (χ1v) is 8.86. The Morgan fingerprint density at radius 2 is 1.62 bits per heavy atom. The molecule has 0 bridgehead atoms. The first-order chi connectivity index (χ1) is 9.65. The van der Waals surface area contributed by atoms with Crippen LogP contribution >= 0.6 is 11.3 Å². The highest BCUT2D eigenvalue weighted by atomic mass is 32.1. The van der Waals surface area contributed by atoms with Crippen LogP contribution in [0.4, 0.5) is 5.13 Å². The van der Waals surface area contributed by atoms with Gasteiger partial charge in [-0.3, -0.25) is 0 Å². The van der Waals surface area contributed by atoms with Crippen molar-refractivity contribution in [2.45, 2.75) is 60.4 Å². The summed E-state index contributed by atoms with van der Waals surface area (Å²) in [5.74, 6) is 1.30.